The number of halogens is 1. The number of nitrogens with two attached hydrogens (primary N) is 1. The molecule has 0 fully saturated rings. The molecule has 1 unspecified atom stereocenters. The molecule has 1 aromatic carbocycles. The van der Waals surface area contributed by atoms with E-state index in [9.17, 15) is 9.59 Å². The molecule has 1 atom stereocenters. The number of amidine groups is 1. The van der Waals surface area contributed by atoms with Crippen LogP contribution in [-0.2, 0) is 16.8 Å². The minimum Gasteiger partial charge on any atom is -0.379 e. The number of hydrogen-bond acceptors (Lipinski definition) is 6. The van der Waals surface area contributed by atoms with Gasteiger partial charge in [0.15, 0.2) is 11.0 Å². The molecule has 0 bridgehead atoms. The smallest absolute Gasteiger partial charge is 0.211 e. The van der Waals surface area contributed by atoms with Gasteiger partial charge < -0.3 is 11.1 Å². The van der Waals surface area contributed by atoms with Gasteiger partial charge in [0.25, 0.3) is 0 Å². The number of Topliss-reactive ketones (excluding diaryl/α,β-unsaturated/α-hetero) is 1. The Morgan fingerprint density at radius 2 is 2.19 bits per heavy atom. The molecule has 8 heteroatoms. The maximum absolute atomic E-state index is 12.5. The highest BCUT2D eigenvalue weighted by molar-refractivity contribution is 8.13. The lowest BCUT2D eigenvalue weighted by molar-refractivity contribution is -0.105. The topological polar surface area (TPSA) is 97.4 Å². The predicted molar refractivity (Wildman–Crippen MR) is 112 cm³/mol. The molecule has 0 spiro atoms. The van der Waals surface area contributed by atoms with E-state index >= 15 is 0 Å². The minimum atomic E-state index is -0.352. The molecular formula is C19H21ClN4O2S. The number of amides is 1. The number of aliphatic imine (C=N–C) groups is 1. The van der Waals surface area contributed by atoms with Gasteiger partial charge in [-0.05, 0) is 36.6 Å². The van der Waals surface area contributed by atoms with Crippen molar-refractivity contribution in [2.24, 2.45) is 10.7 Å². The third-order valence-corrected chi connectivity index (χ3v) is 5.18. The standard InChI is InChI=1S/C19H20N4O2S.ClH/c1-19(7-8-26-18(20)23-19)14-4-2-3-13(9-14)10-17(25)16-6-5-15(11-21-16)22-12-24;/h2-6,9,11-12H,7-8,10H2,1H3,(H2,20,23)(H,22,24);1H. The van der Waals surface area contributed by atoms with E-state index in [4.69, 9.17) is 5.73 Å². The van der Waals surface area contributed by atoms with Crippen LogP contribution >= 0.6 is 24.2 Å². The summed E-state index contributed by atoms with van der Waals surface area (Å²) < 4.78 is 0. The van der Waals surface area contributed by atoms with Gasteiger partial charge in [-0.1, -0.05) is 36.0 Å². The van der Waals surface area contributed by atoms with Crippen molar-refractivity contribution in [3.05, 3.63) is 59.4 Å². The number of nitrogens with one attached hydrogen (secondary N) is 1. The molecule has 0 radical (unpaired) electrons. The largest absolute Gasteiger partial charge is 0.379 e. The van der Waals surface area contributed by atoms with Crippen molar-refractivity contribution in [2.45, 2.75) is 25.3 Å². The Balaban J connectivity index is 0.00000261. The maximum Gasteiger partial charge on any atom is 0.211 e. The Bertz CT molecular complexity index is 857. The Labute approximate surface area is 168 Å². The third kappa shape index (κ3) is 5.08. The SMILES string of the molecule is CC1(c2cccc(CC(=O)c3ccc(NC=O)cn3)c2)CCSC(N)=N1.Cl. The summed E-state index contributed by atoms with van der Waals surface area (Å²) in [5.41, 5.74) is 8.44. The van der Waals surface area contributed by atoms with Crippen LogP contribution in [0.4, 0.5) is 5.69 Å². The van der Waals surface area contributed by atoms with Gasteiger partial charge in [-0.25, -0.2) is 0 Å². The molecule has 27 heavy (non-hydrogen) atoms. The van der Waals surface area contributed by atoms with E-state index in [1.807, 2.05) is 24.3 Å². The second-order valence-corrected chi connectivity index (χ2v) is 7.43. The summed E-state index contributed by atoms with van der Waals surface area (Å²) >= 11 is 1.57. The fraction of sp³-hybridized carbons (Fsp3) is 0.263. The van der Waals surface area contributed by atoms with Crippen LogP contribution < -0.4 is 11.1 Å². The summed E-state index contributed by atoms with van der Waals surface area (Å²) in [4.78, 5) is 31.7. The Hall–Kier alpha value is -2.38. The average molecular weight is 405 g/mol. The molecule has 1 amide bonds. The highest BCUT2D eigenvalue weighted by atomic mass is 35.5. The summed E-state index contributed by atoms with van der Waals surface area (Å²) in [6, 6.07) is 11.2. The summed E-state index contributed by atoms with van der Waals surface area (Å²) in [5.74, 6) is 0.854. The molecule has 1 aliphatic heterocycles. The fourth-order valence-corrected chi connectivity index (χ4v) is 3.87. The van der Waals surface area contributed by atoms with Crippen molar-refractivity contribution in [3.8, 4) is 0 Å². The summed E-state index contributed by atoms with van der Waals surface area (Å²) in [6.45, 7) is 2.07. The number of anilines is 1. The molecule has 0 saturated heterocycles. The zero-order valence-corrected chi connectivity index (χ0v) is 16.5. The van der Waals surface area contributed by atoms with E-state index in [0.717, 1.165) is 23.3 Å². The van der Waals surface area contributed by atoms with E-state index in [0.29, 0.717) is 23.0 Å². The number of ketones is 1. The number of pyridine rings is 1. The monoisotopic (exact) mass is 404 g/mol. The third-order valence-electron chi connectivity index (χ3n) is 4.38. The van der Waals surface area contributed by atoms with E-state index in [-0.39, 0.29) is 30.2 Å². The second kappa shape index (κ2) is 9.01. The number of benzene rings is 1. The lowest BCUT2D eigenvalue weighted by Gasteiger charge is -2.30. The van der Waals surface area contributed by atoms with Gasteiger partial charge >= 0.3 is 0 Å². The number of aromatic nitrogens is 1. The first kappa shape index (κ1) is 20.9. The van der Waals surface area contributed by atoms with Crippen LogP contribution in [0.25, 0.3) is 0 Å². The highest BCUT2D eigenvalue weighted by Crippen LogP contribution is 2.35. The van der Waals surface area contributed by atoms with Crippen molar-refractivity contribution >= 4 is 47.2 Å². The van der Waals surface area contributed by atoms with Gasteiger partial charge in [-0.2, -0.15) is 0 Å². The van der Waals surface area contributed by atoms with E-state index in [2.05, 4.69) is 22.2 Å². The van der Waals surface area contributed by atoms with Gasteiger partial charge in [-0.15, -0.1) is 12.4 Å². The number of carbonyl (C=O) groups is 2. The first-order valence-corrected chi connectivity index (χ1v) is 9.26. The molecular weight excluding hydrogens is 384 g/mol. The van der Waals surface area contributed by atoms with Crippen LogP contribution in [0.3, 0.4) is 0 Å². The number of nitrogens with zero attached hydrogens (tertiary/aromatic N) is 2. The van der Waals surface area contributed by atoms with E-state index < -0.39 is 0 Å². The number of carbonyl (C=O) groups excluding carboxylic acids is 2. The number of rotatable bonds is 6. The molecule has 0 aliphatic carbocycles. The number of hydrogen-bond donors (Lipinski definition) is 2. The molecule has 6 nitrogen and oxygen atoms in total. The van der Waals surface area contributed by atoms with Crippen LogP contribution in [0, 0.1) is 0 Å². The normalized spacial score (nSPS) is 18.8. The quantitative estimate of drug-likeness (QED) is 0.569. The van der Waals surface area contributed by atoms with Crippen molar-refractivity contribution in [3.63, 3.8) is 0 Å². The molecule has 2 aromatic rings. The van der Waals surface area contributed by atoms with Crippen molar-refractivity contribution in [2.75, 3.05) is 11.1 Å². The summed E-state index contributed by atoms with van der Waals surface area (Å²) in [5, 5.41) is 3.10. The predicted octanol–water partition coefficient (Wildman–Crippen LogP) is 3.16. The zero-order valence-electron chi connectivity index (χ0n) is 14.8. The summed E-state index contributed by atoms with van der Waals surface area (Å²) in [7, 11) is 0. The van der Waals surface area contributed by atoms with E-state index in [1.54, 1.807) is 23.9 Å². The van der Waals surface area contributed by atoms with Crippen LogP contribution in [0.2, 0.25) is 0 Å². The van der Waals surface area contributed by atoms with Gasteiger partial charge in [0, 0.05) is 12.2 Å². The highest BCUT2D eigenvalue weighted by Gasteiger charge is 2.29. The number of thioether (sulfide) groups is 1. The first-order chi connectivity index (χ1) is 12.5. The Morgan fingerprint density at radius 1 is 1.37 bits per heavy atom. The van der Waals surface area contributed by atoms with Crippen LogP contribution in [0.15, 0.2) is 47.6 Å². The van der Waals surface area contributed by atoms with Crippen molar-refractivity contribution in [1.29, 1.82) is 0 Å². The van der Waals surface area contributed by atoms with Gasteiger partial charge in [0.2, 0.25) is 6.41 Å². The first-order valence-electron chi connectivity index (χ1n) is 8.27. The van der Waals surface area contributed by atoms with Crippen molar-refractivity contribution in [1.82, 2.24) is 4.98 Å². The summed E-state index contributed by atoms with van der Waals surface area (Å²) in [6.07, 6.45) is 3.20. The lowest BCUT2D eigenvalue weighted by atomic mass is 9.88. The van der Waals surface area contributed by atoms with E-state index in [1.165, 1.54) is 6.20 Å². The zero-order chi connectivity index (χ0) is 18.6. The fourth-order valence-electron chi connectivity index (χ4n) is 2.90. The van der Waals surface area contributed by atoms with Crippen LogP contribution in [0.1, 0.15) is 35.0 Å². The van der Waals surface area contributed by atoms with Crippen LogP contribution in [0.5, 0.6) is 0 Å². The molecule has 3 rings (SSSR count). The maximum atomic E-state index is 12.5. The molecule has 0 saturated carbocycles. The van der Waals surface area contributed by atoms with Crippen molar-refractivity contribution < 1.29 is 9.59 Å². The Morgan fingerprint density at radius 3 is 2.85 bits per heavy atom. The lowest BCUT2D eigenvalue weighted by Crippen LogP contribution is -2.28. The minimum absolute atomic E-state index is 0. The molecule has 142 valence electrons. The molecule has 1 aliphatic rings. The Kier molecular flexibility index (Phi) is 6.98. The van der Waals surface area contributed by atoms with Gasteiger partial charge in [-0.3, -0.25) is 19.6 Å². The molecule has 1 aromatic heterocycles. The molecule has 3 N–H and O–H groups in total. The molecule has 2 heterocycles. The van der Waals surface area contributed by atoms with Crippen LogP contribution in [-0.4, -0.2) is 28.1 Å². The van der Waals surface area contributed by atoms with Gasteiger partial charge in [0.1, 0.15) is 5.69 Å². The average Bonchev–Trinajstić information content (AvgIpc) is 2.63. The van der Waals surface area contributed by atoms with Gasteiger partial charge in [0.05, 0.1) is 17.4 Å². The second-order valence-electron chi connectivity index (χ2n) is 6.32.